The maximum atomic E-state index is 12.8. The van der Waals surface area contributed by atoms with Crippen LogP contribution in [0.5, 0.6) is 5.75 Å². The van der Waals surface area contributed by atoms with Crippen LogP contribution >= 0.6 is 0 Å². The molecule has 0 saturated carbocycles. The van der Waals surface area contributed by atoms with E-state index in [-0.39, 0.29) is 25.5 Å². The van der Waals surface area contributed by atoms with Gasteiger partial charge in [-0.15, -0.1) is 0 Å². The monoisotopic (exact) mass is 372 g/mol. The molecule has 2 aromatic rings. The van der Waals surface area contributed by atoms with Gasteiger partial charge in [-0.05, 0) is 36.4 Å². The lowest BCUT2D eigenvalue weighted by atomic mass is 10.2. The molecular formula is C19H17FN2O5. The number of ether oxygens (including phenoxy) is 2. The molecule has 1 N–H and O–H groups in total. The number of anilines is 2. The maximum Gasteiger partial charge on any atom is 0.308 e. The van der Waals surface area contributed by atoms with Gasteiger partial charge in [0.05, 0.1) is 12.1 Å². The van der Waals surface area contributed by atoms with E-state index in [0.29, 0.717) is 17.1 Å². The highest BCUT2D eigenvalue weighted by Gasteiger charge is 2.25. The van der Waals surface area contributed by atoms with Crippen molar-refractivity contribution in [3.63, 3.8) is 0 Å². The molecule has 27 heavy (non-hydrogen) atoms. The van der Waals surface area contributed by atoms with E-state index in [4.69, 9.17) is 9.47 Å². The van der Waals surface area contributed by atoms with Gasteiger partial charge in [0.15, 0.2) is 13.2 Å². The topological polar surface area (TPSA) is 84.9 Å². The number of hydrogen-bond donors (Lipinski definition) is 1. The van der Waals surface area contributed by atoms with Crippen molar-refractivity contribution in [2.24, 2.45) is 0 Å². The van der Waals surface area contributed by atoms with Crippen molar-refractivity contribution in [2.75, 3.05) is 30.0 Å². The smallest absolute Gasteiger partial charge is 0.308 e. The van der Waals surface area contributed by atoms with Crippen LogP contribution in [0.15, 0.2) is 48.5 Å². The van der Waals surface area contributed by atoms with Crippen molar-refractivity contribution in [2.45, 2.75) is 6.42 Å². The largest absolute Gasteiger partial charge is 0.482 e. The molecule has 0 radical (unpaired) electrons. The first-order valence-electron chi connectivity index (χ1n) is 8.26. The molecule has 1 aliphatic heterocycles. The fourth-order valence-corrected chi connectivity index (χ4v) is 2.55. The third-order valence-corrected chi connectivity index (χ3v) is 3.84. The van der Waals surface area contributed by atoms with Crippen LogP contribution < -0.4 is 15.0 Å². The molecule has 0 unspecified atom stereocenters. The van der Waals surface area contributed by atoms with Gasteiger partial charge in [-0.2, -0.15) is 0 Å². The van der Waals surface area contributed by atoms with Crippen molar-refractivity contribution in [1.82, 2.24) is 0 Å². The van der Waals surface area contributed by atoms with Gasteiger partial charge in [-0.3, -0.25) is 14.4 Å². The van der Waals surface area contributed by atoms with Crippen molar-refractivity contribution in [3.05, 3.63) is 54.3 Å². The van der Waals surface area contributed by atoms with Gasteiger partial charge in [0.1, 0.15) is 11.6 Å². The number of hydrogen-bond acceptors (Lipinski definition) is 5. The van der Waals surface area contributed by atoms with Crippen LogP contribution in [0.3, 0.4) is 0 Å². The minimum atomic E-state index is -0.610. The summed E-state index contributed by atoms with van der Waals surface area (Å²) in [7, 11) is 0. The first-order chi connectivity index (χ1) is 13.0. The number of amides is 2. The number of carbonyl (C=O) groups excluding carboxylic acids is 3. The van der Waals surface area contributed by atoms with Crippen molar-refractivity contribution in [1.29, 1.82) is 0 Å². The van der Waals surface area contributed by atoms with E-state index in [1.54, 1.807) is 24.3 Å². The Morgan fingerprint density at radius 2 is 1.89 bits per heavy atom. The molecule has 0 bridgehead atoms. The molecule has 0 saturated heterocycles. The lowest BCUT2D eigenvalue weighted by Gasteiger charge is -2.28. The van der Waals surface area contributed by atoms with Gasteiger partial charge >= 0.3 is 5.97 Å². The normalized spacial score (nSPS) is 12.8. The highest BCUT2D eigenvalue weighted by Crippen LogP contribution is 2.31. The maximum absolute atomic E-state index is 12.8. The summed E-state index contributed by atoms with van der Waals surface area (Å²) in [6, 6.07) is 12.2. The Bertz CT molecular complexity index is 853. The van der Waals surface area contributed by atoms with E-state index in [2.05, 4.69) is 5.32 Å². The van der Waals surface area contributed by atoms with Crippen LogP contribution in [-0.4, -0.2) is 37.5 Å². The summed E-state index contributed by atoms with van der Waals surface area (Å²) >= 11 is 0. The summed E-state index contributed by atoms with van der Waals surface area (Å²) in [6.45, 7) is -0.437. The average molecular weight is 372 g/mol. The second-order valence-electron chi connectivity index (χ2n) is 5.77. The molecule has 140 valence electrons. The molecule has 7 nitrogen and oxygen atoms in total. The van der Waals surface area contributed by atoms with Crippen molar-refractivity contribution >= 4 is 29.2 Å². The van der Waals surface area contributed by atoms with Gasteiger partial charge in [-0.1, -0.05) is 12.1 Å². The van der Waals surface area contributed by atoms with Crippen molar-refractivity contribution in [3.8, 4) is 5.75 Å². The van der Waals surface area contributed by atoms with Crippen LogP contribution in [0.2, 0.25) is 0 Å². The fraction of sp³-hybridized carbons (Fsp3) is 0.211. The minimum Gasteiger partial charge on any atom is -0.482 e. The standard InChI is InChI=1S/C19H17FN2O5/c20-13-5-7-14(8-6-13)21-17(23)11-27-19(25)9-10-22-15-3-1-2-4-16(15)26-12-18(22)24/h1-8H,9-12H2,(H,21,23). The number of nitrogens with one attached hydrogen (secondary N) is 1. The molecule has 0 aliphatic carbocycles. The SMILES string of the molecule is O=C(COC(=O)CCN1C(=O)COc2ccccc21)Nc1ccc(F)cc1. The number of halogens is 1. The third-order valence-electron chi connectivity index (χ3n) is 3.84. The lowest BCUT2D eigenvalue weighted by Crippen LogP contribution is -2.40. The highest BCUT2D eigenvalue weighted by atomic mass is 19.1. The Morgan fingerprint density at radius 1 is 1.15 bits per heavy atom. The van der Waals surface area contributed by atoms with Gasteiger partial charge in [0, 0.05) is 12.2 Å². The van der Waals surface area contributed by atoms with Crippen molar-refractivity contribution < 1.29 is 28.2 Å². The van der Waals surface area contributed by atoms with E-state index in [1.807, 2.05) is 0 Å². The summed E-state index contributed by atoms with van der Waals surface area (Å²) in [6.07, 6.45) is -0.0656. The summed E-state index contributed by atoms with van der Waals surface area (Å²) in [5.74, 6) is -1.25. The molecule has 0 atom stereocenters. The molecule has 8 heteroatoms. The van der Waals surface area contributed by atoms with E-state index in [1.165, 1.54) is 29.2 Å². The molecule has 1 aliphatic rings. The number of benzene rings is 2. The predicted molar refractivity (Wildman–Crippen MR) is 94.9 cm³/mol. The van der Waals surface area contributed by atoms with Crippen LogP contribution in [0, 0.1) is 5.82 Å². The molecule has 0 aromatic heterocycles. The number of esters is 1. The molecule has 2 aromatic carbocycles. The highest BCUT2D eigenvalue weighted by molar-refractivity contribution is 5.98. The van der Waals surface area contributed by atoms with Gasteiger partial charge in [-0.25, -0.2) is 4.39 Å². The number of nitrogens with zero attached hydrogens (tertiary/aromatic N) is 1. The zero-order valence-electron chi connectivity index (χ0n) is 14.3. The lowest BCUT2D eigenvalue weighted by molar-refractivity contribution is -0.147. The first kappa shape index (κ1) is 18.4. The average Bonchev–Trinajstić information content (AvgIpc) is 2.67. The molecule has 1 heterocycles. The predicted octanol–water partition coefficient (Wildman–Crippen LogP) is 2.12. The summed E-state index contributed by atoms with van der Waals surface area (Å²) in [5, 5.41) is 2.49. The van der Waals surface area contributed by atoms with E-state index >= 15 is 0 Å². The number of fused-ring (bicyclic) bond motifs is 1. The molecule has 0 spiro atoms. The minimum absolute atomic E-state index is 0.0656. The van der Waals surface area contributed by atoms with Gasteiger partial charge < -0.3 is 19.7 Å². The molecule has 0 fully saturated rings. The van der Waals surface area contributed by atoms with Crippen LogP contribution in [-0.2, 0) is 19.1 Å². The zero-order valence-corrected chi connectivity index (χ0v) is 14.3. The molecule has 2 amide bonds. The van der Waals surface area contributed by atoms with Gasteiger partial charge in [0.25, 0.3) is 11.8 Å². The third kappa shape index (κ3) is 4.81. The Labute approximate surface area is 154 Å². The Morgan fingerprint density at radius 3 is 2.67 bits per heavy atom. The zero-order chi connectivity index (χ0) is 19.2. The summed E-state index contributed by atoms with van der Waals surface area (Å²) in [5.41, 5.74) is 0.989. The van der Waals surface area contributed by atoms with Gasteiger partial charge in [0.2, 0.25) is 0 Å². The van der Waals surface area contributed by atoms with Crippen LogP contribution in [0.1, 0.15) is 6.42 Å². The number of para-hydroxylation sites is 2. The fourth-order valence-electron chi connectivity index (χ4n) is 2.55. The summed E-state index contributed by atoms with van der Waals surface area (Å²) in [4.78, 5) is 37.1. The molecule has 3 rings (SSSR count). The number of carbonyl (C=O) groups is 3. The number of rotatable bonds is 6. The Kier molecular flexibility index (Phi) is 5.65. The quantitative estimate of drug-likeness (QED) is 0.785. The molecular weight excluding hydrogens is 355 g/mol. The summed E-state index contributed by atoms with van der Waals surface area (Å²) < 4.78 is 23.1. The Hall–Kier alpha value is -3.42. The first-order valence-corrected chi connectivity index (χ1v) is 8.26. The second-order valence-corrected chi connectivity index (χ2v) is 5.77. The van der Waals surface area contributed by atoms with E-state index < -0.39 is 24.3 Å². The van der Waals surface area contributed by atoms with Crippen LogP contribution in [0.25, 0.3) is 0 Å². The van der Waals surface area contributed by atoms with E-state index in [9.17, 15) is 18.8 Å². The Balaban J connectivity index is 1.46. The van der Waals surface area contributed by atoms with E-state index in [0.717, 1.165) is 0 Å². The second kappa shape index (κ2) is 8.31. The van der Waals surface area contributed by atoms with Crippen LogP contribution in [0.4, 0.5) is 15.8 Å².